The molecule has 1 N–H and O–H groups in total. The number of rotatable bonds is 9. The van der Waals surface area contributed by atoms with Crippen molar-refractivity contribution in [1.29, 1.82) is 0 Å². The maximum absolute atomic E-state index is 13.7. The Bertz CT molecular complexity index is 2680. The zero-order chi connectivity index (χ0) is 54.5. The topological polar surface area (TPSA) is 228 Å². The van der Waals surface area contributed by atoms with E-state index in [0.717, 1.165) is 11.9 Å². The molecule has 0 saturated carbocycles. The molecule has 2 aliphatic rings. The van der Waals surface area contributed by atoms with Gasteiger partial charge in [0.15, 0.2) is 0 Å². The summed E-state index contributed by atoms with van der Waals surface area (Å²) >= 11 is 15.2. The maximum Gasteiger partial charge on any atom is 0.470 e. The maximum atomic E-state index is 13.7. The highest BCUT2D eigenvalue weighted by molar-refractivity contribution is 7.88. The van der Waals surface area contributed by atoms with Gasteiger partial charge in [-0.1, -0.05) is 86.4 Å². The molecule has 0 saturated heterocycles. The van der Waals surface area contributed by atoms with E-state index in [9.17, 15) is 72.3 Å². The van der Waals surface area contributed by atoms with Gasteiger partial charge in [0.05, 0.1) is 41.8 Å². The van der Waals surface area contributed by atoms with Crippen LogP contribution in [0.5, 0.6) is 0 Å². The zero-order valence-corrected chi connectivity index (χ0v) is 44.4. The third kappa shape index (κ3) is 17.4. The largest absolute Gasteiger partial charge is 0.470 e. The van der Waals surface area contributed by atoms with E-state index in [1.54, 1.807) is 36.4 Å². The molecule has 399 valence electrons. The molecule has 4 amide bonds. The summed E-state index contributed by atoms with van der Waals surface area (Å²) in [5.74, 6) is -8.73. The second-order valence-corrected chi connectivity index (χ2v) is 26.7. The van der Waals surface area contributed by atoms with Crippen LogP contribution in [0.1, 0.15) is 83.5 Å². The number of alkyl halides is 6. The number of methoxy groups -OCH3 is 2. The van der Waals surface area contributed by atoms with Gasteiger partial charge in [0.25, 0.3) is 23.6 Å². The highest BCUT2D eigenvalue weighted by atomic mass is 35.6. The predicted molar refractivity (Wildman–Crippen MR) is 266 cm³/mol. The first-order chi connectivity index (χ1) is 32.0. The highest BCUT2D eigenvalue weighted by Gasteiger charge is 2.58. The van der Waals surface area contributed by atoms with Crippen molar-refractivity contribution in [3.05, 3.63) is 95.1 Å². The van der Waals surface area contributed by atoms with Crippen molar-refractivity contribution in [1.82, 2.24) is 15.0 Å². The molecular formula is C43H53BCl3F5N3O14S2Si. The number of ether oxygens (including phenoxy) is 2. The van der Waals surface area contributed by atoms with E-state index in [1.165, 1.54) is 24.3 Å². The summed E-state index contributed by atoms with van der Waals surface area (Å²) in [6.07, 6.45) is 0. The van der Waals surface area contributed by atoms with Crippen molar-refractivity contribution < 1.29 is 86.0 Å². The average molecular weight is 1140 g/mol. The van der Waals surface area contributed by atoms with E-state index in [4.69, 9.17) is 34.3 Å². The third-order valence-corrected chi connectivity index (χ3v) is 10.7. The summed E-state index contributed by atoms with van der Waals surface area (Å²) in [4.78, 5) is 71.5. The second-order valence-electron chi connectivity index (χ2n) is 15.4. The zero-order valence-electron chi connectivity index (χ0n) is 39.5. The predicted octanol–water partition coefficient (Wildman–Crippen LogP) is 9.20. The Morgan fingerprint density at radius 3 is 1.18 bits per heavy atom. The molecule has 4 aromatic carbocycles. The Labute approximate surface area is 431 Å². The van der Waals surface area contributed by atoms with Crippen LogP contribution >= 0.6 is 34.3 Å². The quantitative estimate of drug-likeness (QED) is 0.0241. The van der Waals surface area contributed by atoms with Gasteiger partial charge in [-0.15, -0.1) is 37.6 Å². The lowest BCUT2D eigenvalue weighted by molar-refractivity contribution is -0.159. The summed E-state index contributed by atoms with van der Waals surface area (Å²) in [6.45, 7) is 18.6. The smallest absolute Gasteiger partial charge is 0.464 e. The molecule has 2 aliphatic heterocycles. The van der Waals surface area contributed by atoms with Gasteiger partial charge in [0, 0.05) is 31.3 Å². The van der Waals surface area contributed by atoms with Gasteiger partial charge < -0.3 is 9.47 Å². The van der Waals surface area contributed by atoms with Crippen LogP contribution in [0.3, 0.4) is 0 Å². The molecule has 0 atom stereocenters. The van der Waals surface area contributed by atoms with Crippen molar-refractivity contribution in [3.8, 4) is 0 Å². The Morgan fingerprint density at radius 1 is 0.681 bits per heavy atom. The fourth-order valence-electron chi connectivity index (χ4n) is 6.00. The molecule has 29 heteroatoms. The first-order valence-corrected chi connectivity index (χ1v) is 28.3. The van der Waals surface area contributed by atoms with Crippen molar-refractivity contribution in [2.75, 3.05) is 26.1 Å². The van der Waals surface area contributed by atoms with Crippen LogP contribution in [0.4, 0.5) is 21.4 Å². The number of hydrogen-bond acceptors (Lipinski definition) is 15. The van der Waals surface area contributed by atoms with E-state index >= 15 is 0 Å². The highest BCUT2D eigenvalue weighted by Crippen LogP contribution is 2.34. The third-order valence-electron chi connectivity index (χ3n) is 8.82. The summed E-state index contributed by atoms with van der Waals surface area (Å²) < 4.78 is 116. The number of benzene rings is 4. The van der Waals surface area contributed by atoms with Gasteiger partial charge in [-0.25, -0.2) is 9.59 Å². The van der Waals surface area contributed by atoms with E-state index < -0.39 is 73.8 Å². The fourth-order valence-corrected chi connectivity index (χ4v) is 7.00. The molecule has 2 heterocycles. The molecule has 6 rings (SSSR count). The SMILES string of the molecule is C.CCN(C(C)C)C(C)C.COC(=O)C(F)(F)S(=O)(=O)F.COC(=O)C(F)(F)S(=O)(=O)ON1C(=O)c2cccc3cccc(c23)C1=O.C[Si](C)(C)Cl.ClCCl.O=C1c2cccc3cccc(c23)C(=O)N1O.[B]. The number of hydroxylamine groups is 4. The molecular weight excluding hydrogens is 1090 g/mol. The van der Waals surface area contributed by atoms with Gasteiger partial charge in [-0.2, -0.15) is 45.5 Å². The van der Waals surface area contributed by atoms with Crippen LogP contribution < -0.4 is 0 Å². The number of esters is 2. The molecule has 0 spiro atoms. The number of nitrogens with zero attached hydrogens (tertiary/aromatic N) is 3. The van der Waals surface area contributed by atoms with Gasteiger partial charge in [-0.3, -0.25) is 29.3 Å². The number of amides is 4. The number of hydrogen-bond donors (Lipinski definition) is 1. The second kappa shape index (κ2) is 28.6. The minimum atomic E-state index is -6.22. The van der Waals surface area contributed by atoms with Crippen LogP contribution in [0.2, 0.25) is 19.6 Å². The summed E-state index contributed by atoms with van der Waals surface area (Å²) in [7, 11) is -12.3. The normalized spacial score (nSPS) is 13.1. The lowest BCUT2D eigenvalue weighted by Crippen LogP contribution is -2.48. The lowest BCUT2D eigenvalue weighted by atomic mass is 9.95. The van der Waals surface area contributed by atoms with Gasteiger partial charge >= 0.3 is 42.8 Å². The standard InChI is InChI=1S/C15H9F2NO7S.C12H7NO3.C8H19N.C3H9ClSi.C3H3F3O4S.CH2Cl2.CH4.B/c1-24-14(21)15(16,17)26(22,23)25-18-12(19)9-6-2-4-8-5-3-7-10(11(8)9)13(18)20;14-11-8-5-1-3-7-4-2-6-9(10(7)8)12(15)13(11)16;1-6-9(7(2)3)8(4)5;1-5(2,3)4;1-10-2(7)3(4,5)11(6,8)9;2-1-3;;/h2-7H,1H3;1-6,16H;7-8H,6H2,1-5H3;1-3H3;1H3;1H2;1H4;. The Hall–Kier alpha value is -4.80. The molecule has 0 fully saturated rings. The summed E-state index contributed by atoms with van der Waals surface area (Å²) in [6, 6.07) is 20.4. The minimum Gasteiger partial charge on any atom is -0.464 e. The van der Waals surface area contributed by atoms with Crippen molar-refractivity contribution in [3.63, 3.8) is 0 Å². The molecule has 17 nitrogen and oxygen atoms in total. The average Bonchev–Trinajstić information content (AvgIpc) is 3.27. The molecule has 4 aromatic rings. The fraction of sp³-hybridized carbons (Fsp3) is 0.395. The Morgan fingerprint density at radius 2 is 0.958 bits per heavy atom. The molecule has 3 radical (unpaired) electrons. The van der Waals surface area contributed by atoms with Crippen molar-refractivity contribution >= 4 is 128 Å². The summed E-state index contributed by atoms with van der Waals surface area (Å²) in [5, 5.41) is 1.39. The first-order valence-electron chi connectivity index (χ1n) is 19.9. The molecule has 0 bridgehead atoms. The molecule has 0 aromatic heterocycles. The van der Waals surface area contributed by atoms with Crippen LogP contribution in [0.25, 0.3) is 21.5 Å². The van der Waals surface area contributed by atoms with E-state index in [1.807, 2.05) is 12.1 Å². The number of halogens is 8. The lowest BCUT2D eigenvalue weighted by Gasteiger charge is -2.28. The van der Waals surface area contributed by atoms with E-state index in [0.29, 0.717) is 48.2 Å². The van der Waals surface area contributed by atoms with Gasteiger partial charge in [0.1, 0.15) is 7.38 Å². The minimum absolute atomic E-state index is 0. The van der Waals surface area contributed by atoms with E-state index in [2.05, 4.69) is 72.9 Å². The molecule has 0 unspecified atom stereocenters. The van der Waals surface area contributed by atoms with Crippen LogP contribution in [0.15, 0.2) is 72.8 Å². The Kier molecular flexibility index (Phi) is 27.5. The summed E-state index contributed by atoms with van der Waals surface area (Å²) in [5.41, 5.74) is 0.481. The van der Waals surface area contributed by atoms with Crippen molar-refractivity contribution in [2.45, 2.75) is 84.3 Å². The number of imide groups is 2. The van der Waals surface area contributed by atoms with Crippen molar-refractivity contribution in [2.24, 2.45) is 0 Å². The number of carbonyl (C=O) groups is 6. The van der Waals surface area contributed by atoms with Gasteiger partial charge in [0.2, 0.25) is 0 Å². The van der Waals surface area contributed by atoms with Crippen LogP contribution in [-0.4, -0.2) is 137 Å². The van der Waals surface area contributed by atoms with Gasteiger partial charge in [-0.05, 0) is 69.3 Å². The van der Waals surface area contributed by atoms with Crippen LogP contribution in [0, 0.1) is 0 Å². The van der Waals surface area contributed by atoms with Crippen LogP contribution in [-0.2, 0) is 43.7 Å². The monoisotopic (exact) mass is 1140 g/mol. The number of carbonyl (C=O) groups excluding carboxylic acids is 6. The molecule has 0 aliphatic carbocycles. The van der Waals surface area contributed by atoms with E-state index in [-0.39, 0.29) is 47.8 Å². The Balaban J connectivity index is 0. The first kappa shape index (κ1) is 69.3. The molecule has 72 heavy (non-hydrogen) atoms.